The van der Waals surface area contributed by atoms with Crippen molar-refractivity contribution in [3.05, 3.63) is 35.9 Å². The van der Waals surface area contributed by atoms with Gasteiger partial charge in [0.2, 0.25) is 0 Å². The zero-order valence-electron chi connectivity index (χ0n) is 9.56. The minimum atomic E-state index is 0. The van der Waals surface area contributed by atoms with Gasteiger partial charge in [0.05, 0.1) is 0 Å². The van der Waals surface area contributed by atoms with Crippen molar-refractivity contribution in [1.82, 2.24) is 5.32 Å². The zero-order chi connectivity index (χ0) is 10.1. The molecule has 1 aliphatic heterocycles. The van der Waals surface area contributed by atoms with Crippen LogP contribution in [0.1, 0.15) is 31.2 Å². The third-order valence-corrected chi connectivity index (χ3v) is 4.02. The topological polar surface area (TPSA) is 12.0 Å². The molecule has 0 amide bonds. The van der Waals surface area contributed by atoms with Gasteiger partial charge in [-0.1, -0.05) is 36.8 Å². The van der Waals surface area contributed by atoms with E-state index in [0.717, 1.165) is 18.0 Å². The molecule has 0 radical (unpaired) electrons. The lowest BCUT2D eigenvalue weighted by Gasteiger charge is -2.12. The Balaban J connectivity index is 0.000000963. The van der Waals surface area contributed by atoms with E-state index in [1.807, 2.05) is 0 Å². The maximum absolute atomic E-state index is 3.80. The maximum Gasteiger partial charge on any atom is 0.0113 e. The van der Waals surface area contributed by atoms with Gasteiger partial charge in [0.25, 0.3) is 0 Å². The molecule has 1 N–H and O–H groups in total. The van der Waals surface area contributed by atoms with E-state index in [-0.39, 0.29) is 12.4 Å². The van der Waals surface area contributed by atoms with E-state index in [0.29, 0.717) is 0 Å². The first-order valence-electron chi connectivity index (χ1n) is 6.22. The molecular formula is C14H20ClN. The molecule has 0 spiro atoms. The fraction of sp³-hybridized carbons (Fsp3) is 0.571. The van der Waals surface area contributed by atoms with E-state index >= 15 is 0 Å². The van der Waals surface area contributed by atoms with Crippen LogP contribution in [0.2, 0.25) is 0 Å². The second-order valence-electron chi connectivity index (χ2n) is 5.09. The summed E-state index contributed by atoms with van der Waals surface area (Å²) in [5.74, 6) is 0.985. The van der Waals surface area contributed by atoms with Crippen molar-refractivity contribution in [2.24, 2.45) is 5.92 Å². The highest BCUT2D eigenvalue weighted by atomic mass is 35.5. The summed E-state index contributed by atoms with van der Waals surface area (Å²) in [6.07, 6.45) is 6.94. The molecule has 0 bridgehead atoms. The summed E-state index contributed by atoms with van der Waals surface area (Å²) in [7, 11) is 0. The first kappa shape index (κ1) is 11.9. The summed E-state index contributed by atoms with van der Waals surface area (Å²) >= 11 is 0. The summed E-state index contributed by atoms with van der Waals surface area (Å²) in [5, 5.41) is 3.80. The normalized spacial score (nSPS) is 32.1. The molecule has 1 aromatic rings. The van der Waals surface area contributed by atoms with Crippen molar-refractivity contribution in [1.29, 1.82) is 0 Å². The van der Waals surface area contributed by atoms with E-state index < -0.39 is 0 Å². The van der Waals surface area contributed by atoms with Crippen molar-refractivity contribution in [3.63, 3.8) is 0 Å². The van der Waals surface area contributed by atoms with E-state index in [2.05, 4.69) is 35.6 Å². The van der Waals surface area contributed by atoms with Gasteiger partial charge in [-0.2, -0.15) is 0 Å². The van der Waals surface area contributed by atoms with Crippen LogP contribution in [0.25, 0.3) is 0 Å². The van der Waals surface area contributed by atoms with Crippen LogP contribution in [0.3, 0.4) is 0 Å². The first-order chi connectivity index (χ1) is 7.42. The number of hydrogen-bond donors (Lipinski definition) is 1. The molecule has 3 rings (SSSR count). The van der Waals surface area contributed by atoms with E-state index in [1.54, 1.807) is 0 Å². The van der Waals surface area contributed by atoms with Crippen LogP contribution < -0.4 is 5.32 Å². The Hall–Kier alpha value is -0.530. The highest BCUT2D eigenvalue weighted by molar-refractivity contribution is 5.85. The van der Waals surface area contributed by atoms with Crippen molar-refractivity contribution < 1.29 is 0 Å². The standard InChI is InChI=1S/C14H19N.ClH/c1-2-5-11(6-3-1)9-13-10-12-7-4-8-14(12)15-13;/h1-3,5-6,12-15H,4,7-10H2;1H/t12-,13-,14-;/m1./s1. The zero-order valence-corrected chi connectivity index (χ0v) is 10.4. The summed E-state index contributed by atoms with van der Waals surface area (Å²) in [5.41, 5.74) is 1.48. The van der Waals surface area contributed by atoms with Crippen molar-refractivity contribution in [2.75, 3.05) is 0 Å². The fourth-order valence-corrected chi connectivity index (χ4v) is 3.32. The van der Waals surface area contributed by atoms with Crippen LogP contribution in [-0.2, 0) is 6.42 Å². The highest BCUT2D eigenvalue weighted by Gasteiger charge is 2.36. The van der Waals surface area contributed by atoms with Crippen molar-refractivity contribution >= 4 is 12.4 Å². The van der Waals surface area contributed by atoms with Gasteiger partial charge in [0, 0.05) is 12.1 Å². The molecule has 2 aliphatic rings. The van der Waals surface area contributed by atoms with Crippen LogP contribution in [0.4, 0.5) is 0 Å². The molecule has 88 valence electrons. The Morgan fingerprint density at radius 1 is 1.12 bits per heavy atom. The van der Waals surface area contributed by atoms with Gasteiger partial charge in [-0.05, 0) is 37.2 Å². The van der Waals surface area contributed by atoms with Gasteiger partial charge in [0.15, 0.2) is 0 Å². The lowest BCUT2D eigenvalue weighted by molar-refractivity contribution is 0.515. The van der Waals surface area contributed by atoms with Crippen molar-refractivity contribution in [3.8, 4) is 0 Å². The number of rotatable bonds is 2. The summed E-state index contributed by atoms with van der Waals surface area (Å²) < 4.78 is 0. The summed E-state index contributed by atoms with van der Waals surface area (Å²) in [6.45, 7) is 0. The molecule has 2 heteroatoms. The quantitative estimate of drug-likeness (QED) is 0.833. The molecule has 2 fully saturated rings. The number of fused-ring (bicyclic) bond motifs is 1. The minimum absolute atomic E-state index is 0. The average Bonchev–Trinajstić information content (AvgIpc) is 2.79. The molecule has 1 aliphatic carbocycles. The second kappa shape index (κ2) is 5.20. The summed E-state index contributed by atoms with van der Waals surface area (Å²) in [6, 6.07) is 12.5. The van der Waals surface area contributed by atoms with E-state index in [1.165, 1.54) is 37.7 Å². The molecule has 1 saturated carbocycles. The monoisotopic (exact) mass is 237 g/mol. The highest BCUT2D eigenvalue weighted by Crippen LogP contribution is 2.35. The molecule has 16 heavy (non-hydrogen) atoms. The van der Waals surface area contributed by atoms with Crippen LogP contribution in [-0.4, -0.2) is 12.1 Å². The van der Waals surface area contributed by atoms with Crippen LogP contribution in [0, 0.1) is 5.92 Å². The van der Waals surface area contributed by atoms with Gasteiger partial charge in [-0.15, -0.1) is 12.4 Å². The molecule has 1 aromatic carbocycles. The molecule has 1 heterocycles. The van der Waals surface area contributed by atoms with Crippen LogP contribution in [0.15, 0.2) is 30.3 Å². The Kier molecular flexibility index (Phi) is 3.88. The number of halogens is 1. The SMILES string of the molecule is Cl.c1ccc(C[C@@H]2C[C@H]3CCC[C@H]3N2)cc1. The fourth-order valence-electron chi connectivity index (χ4n) is 3.32. The van der Waals surface area contributed by atoms with Gasteiger partial charge < -0.3 is 5.32 Å². The number of hydrogen-bond acceptors (Lipinski definition) is 1. The first-order valence-corrected chi connectivity index (χ1v) is 6.22. The molecular weight excluding hydrogens is 218 g/mol. The van der Waals surface area contributed by atoms with Gasteiger partial charge in [-0.25, -0.2) is 0 Å². The minimum Gasteiger partial charge on any atom is -0.311 e. The molecule has 3 atom stereocenters. The number of benzene rings is 1. The predicted octanol–water partition coefficient (Wildman–Crippen LogP) is 3.18. The third-order valence-electron chi connectivity index (χ3n) is 4.02. The van der Waals surface area contributed by atoms with E-state index in [4.69, 9.17) is 0 Å². The summed E-state index contributed by atoms with van der Waals surface area (Å²) in [4.78, 5) is 0. The maximum atomic E-state index is 3.80. The van der Waals surface area contributed by atoms with Gasteiger partial charge in [0.1, 0.15) is 0 Å². The lowest BCUT2D eigenvalue weighted by Crippen LogP contribution is -2.30. The van der Waals surface area contributed by atoms with Crippen LogP contribution in [0.5, 0.6) is 0 Å². The molecule has 1 saturated heterocycles. The van der Waals surface area contributed by atoms with Crippen LogP contribution >= 0.6 is 12.4 Å². The average molecular weight is 238 g/mol. The van der Waals surface area contributed by atoms with Gasteiger partial charge >= 0.3 is 0 Å². The largest absolute Gasteiger partial charge is 0.311 e. The lowest BCUT2D eigenvalue weighted by atomic mass is 9.98. The second-order valence-corrected chi connectivity index (χ2v) is 5.09. The Morgan fingerprint density at radius 3 is 2.69 bits per heavy atom. The molecule has 1 nitrogen and oxygen atoms in total. The third kappa shape index (κ3) is 2.41. The Morgan fingerprint density at radius 2 is 1.94 bits per heavy atom. The Bertz CT molecular complexity index is 313. The van der Waals surface area contributed by atoms with Crippen molar-refractivity contribution in [2.45, 2.75) is 44.2 Å². The Labute approximate surface area is 104 Å². The molecule has 0 aromatic heterocycles. The number of nitrogens with one attached hydrogen (secondary N) is 1. The van der Waals surface area contributed by atoms with Gasteiger partial charge in [-0.3, -0.25) is 0 Å². The van der Waals surface area contributed by atoms with E-state index in [9.17, 15) is 0 Å². The predicted molar refractivity (Wildman–Crippen MR) is 70.1 cm³/mol. The molecule has 0 unspecified atom stereocenters. The smallest absolute Gasteiger partial charge is 0.0113 e.